The van der Waals surface area contributed by atoms with Crippen molar-refractivity contribution >= 4 is 23.4 Å². The number of benzene rings is 1. The maximum Gasteiger partial charge on any atom is 0.249 e. The van der Waals surface area contributed by atoms with Gasteiger partial charge in [-0.25, -0.2) is 0 Å². The van der Waals surface area contributed by atoms with Crippen LogP contribution in [0.4, 0.5) is 5.69 Å². The normalized spacial score (nSPS) is 32.1. The lowest BCUT2D eigenvalue weighted by Crippen LogP contribution is -2.57. The lowest BCUT2D eigenvalue weighted by atomic mass is 9.73. The van der Waals surface area contributed by atoms with E-state index in [0.29, 0.717) is 37.6 Å². The molecule has 9 nitrogen and oxygen atoms in total. The lowest BCUT2D eigenvalue weighted by Gasteiger charge is -2.39. The molecule has 0 saturated carbocycles. The van der Waals surface area contributed by atoms with E-state index in [4.69, 9.17) is 9.47 Å². The summed E-state index contributed by atoms with van der Waals surface area (Å²) in [4.78, 5) is 47.9. The average molecular weight is 552 g/mol. The maximum atomic E-state index is 14.5. The van der Waals surface area contributed by atoms with Crippen molar-refractivity contribution in [2.75, 3.05) is 37.7 Å². The van der Waals surface area contributed by atoms with Crippen molar-refractivity contribution in [1.82, 2.24) is 9.80 Å². The Morgan fingerprint density at radius 3 is 2.38 bits per heavy atom. The Hall–Kier alpha value is -3.17. The van der Waals surface area contributed by atoms with Gasteiger partial charge in [0.25, 0.3) is 0 Å². The Morgan fingerprint density at radius 2 is 1.73 bits per heavy atom. The van der Waals surface area contributed by atoms with Crippen molar-refractivity contribution in [3.8, 4) is 5.75 Å². The van der Waals surface area contributed by atoms with Gasteiger partial charge in [-0.15, -0.1) is 0 Å². The van der Waals surface area contributed by atoms with Gasteiger partial charge in [0, 0.05) is 31.4 Å². The first-order chi connectivity index (χ1) is 19.3. The van der Waals surface area contributed by atoms with Crippen molar-refractivity contribution in [3.63, 3.8) is 0 Å². The molecule has 1 spiro atoms. The van der Waals surface area contributed by atoms with Gasteiger partial charge < -0.3 is 29.3 Å². The van der Waals surface area contributed by atoms with Gasteiger partial charge in [0.2, 0.25) is 17.7 Å². The van der Waals surface area contributed by atoms with Crippen LogP contribution in [0.1, 0.15) is 47.0 Å². The quantitative estimate of drug-likeness (QED) is 0.474. The molecule has 2 fully saturated rings. The number of nitrogens with zero attached hydrogens (tertiary/aromatic N) is 3. The molecule has 0 bridgehead atoms. The Morgan fingerprint density at radius 1 is 1.00 bits per heavy atom. The molecule has 6 atom stereocenters. The molecule has 0 aromatic heterocycles. The number of aliphatic hydroxyl groups excluding tert-OH is 1. The van der Waals surface area contributed by atoms with Gasteiger partial charge in [-0.2, -0.15) is 0 Å². The second kappa shape index (κ2) is 11.0. The summed E-state index contributed by atoms with van der Waals surface area (Å²) in [6, 6.07) is 6.39. The highest BCUT2D eigenvalue weighted by atomic mass is 16.5. The van der Waals surface area contributed by atoms with E-state index in [1.165, 1.54) is 4.90 Å². The predicted molar refractivity (Wildman–Crippen MR) is 151 cm³/mol. The zero-order valence-corrected chi connectivity index (χ0v) is 23.9. The molecule has 3 amide bonds. The van der Waals surface area contributed by atoms with Crippen molar-refractivity contribution < 1.29 is 29.0 Å². The standard InChI is InChI=1S/C31H41N3O6/c1-5-10-21(4)32-17-9-16-31-25(28(37)34(19-20-35)26(31)29(32)38)24-27(36)33(18-8-15-30(24,6-2)40-31)22-11-13-23(14-12-22)39-7-3/h8-9,11-16,21,24-26,35H,5-7,10,17-20H2,1-4H3/t21?,24-,25+,26?,30+,31+/m1/s1. The van der Waals surface area contributed by atoms with Crippen LogP contribution in [0.5, 0.6) is 5.75 Å². The molecule has 4 heterocycles. The minimum Gasteiger partial charge on any atom is -0.494 e. The highest BCUT2D eigenvalue weighted by Crippen LogP contribution is 2.58. The van der Waals surface area contributed by atoms with E-state index in [0.717, 1.165) is 12.8 Å². The molecular formula is C31H41N3O6. The fourth-order valence-electron chi connectivity index (χ4n) is 7.22. The molecule has 2 saturated heterocycles. The van der Waals surface area contributed by atoms with Crippen LogP contribution in [-0.2, 0) is 19.1 Å². The minimum absolute atomic E-state index is 0.000825. The summed E-state index contributed by atoms with van der Waals surface area (Å²) >= 11 is 0. The van der Waals surface area contributed by atoms with E-state index >= 15 is 0 Å². The van der Waals surface area contributed by atoms with E-state index in [1.54, 1.807) is 9.80 Å². The first kappa shape index (κ1) is 28.4. The first-order valence-corrected chi connectivity index (χ1v) is 14.6. The van der Waals surface area contributed by atoms with E-state index in [2.05, 4.69) is 6.92 Å². The van der Waals surface area contributed by atoms with Gasteiger partial charge >= 0.3 is 0 Å². The number of amides is 3. The van der Waals surface area contributed by atoms with E-state index < -0.39 is 29.1 Å². The minimum atomic E-state index is -1.31. The summed E-state index contributed by atoms with van der Waals surface area (Å²) in [7, 11) is 0. The highest BCUT2D eigenvalue weighted by Gasteiger charge is 2.75. The second-order valence-electron chi connectivity index (χ2n) is 11.2. The van der Waals surface area contributed by atoms with Crippen LogP contribution in [-0.4, -0.2) is 88.8 Å². The first-order valence-electron chi connectivity index (χ1n) is 14.6. The molecule has 1 N–H and O–H groups in total. The monoisotopic (exact) mass is 551 g/mol. The van der Waals surface area contributed by atoms with Crippen molar-refractivity contribution in [2.24, 2.45) is 11.8 Å². The summed E-state index contributed by atoms with van der Waals surface area (Å²) in [5.41, 5.74) is -1.66. The number of carbonyl (C=O) groups is 3. The van der Waals surface area contributed by atoms with Crippen LogP contribution in [0, 0.1) is 11.8 Å². The third-order valence-electron chi connectivity index (χ3n) is 9.01. The third kappa shape index (κ3) is 4.25. The molecule has 216 valence electrons. The molecule has 40 heavy (non-hydrogen) atoms. The van der Waals surface area contributed by atoms with Crippen molar-refractivity contribution in [3.05, 3.63) is 48.6 Å². The van der Waals surface area contributed by atoms with E-state index in [9.17, 15) is 19.5 Å². The van der Waals surface area contributed by atoms with Crippen LogP contribution in [0.25, 0.3) is 0 Å². The summed E-state index contributed by atoms with van der Waals surface area (Å²) < 4.78 is 12.5. The zero-order valence-electron chi connectivity index (χ0n) is 23.9. The van der Waals surface area contributed by atoms with Gasteiger partial charge in [-0.3, -0.25) is 14.4 Å². The molecule has 9 heteroatoms. The predicted octanol–water partition coefficient (Wildman–Crippen LogP) is 2.93. The van der Waals surface area contributed by atoms with Gasteiger partial charge in [0.05, 0.1) is 30.7 Å². The number of likely N-dealkylation sites (tertiary alicyclic amines) is 1. The number of aliphatic hydroxyl groups is 1. The molecule has 4 aliphatic rings. The van der Waals surface area contributed by atoms with E-state index in [1.807, 2.05) is 69.3 Å². The van der Waals surface area contributed by atoms with Crippen LogP contribution in [0.3, 0.4) is 0 Å². The molecular weight excluding hydrogens is 510 g/mol. The van der Waals surface area contributed by atoms with Crippen LogP contribution < -0.4 is 9.64 Å². The number of fused-ring (bicyclic) bond motifs is 2. The summed E-state index contributed by atoms with van der Waals surface area (Å²) in [6.45, 7) is 8.97. The van der Waals surface area contributed by atoms with Gasteiger partial charge in [-0.1, -0.05) is 44.6 Å². The molecule has 5 rings (SSSR count). The van der Waals surface area contributed by atoms with Crippen LogP contribution >= 0.6 is 0 Å². The fraction of sp³-hybridized carbons (Fsp3) is 0.581. The molecule has 0 radical (unpaired) electrons. The summed E-state index contributed by atoms with van der Waals surface area (Å²) in [5, 5.41) is 9.91. The molecule has 1 aromatic rings. The van der Waals surface area contributed by atoms with Gasteiger partial charge in [0.15, 0.2) is 0 Å². The number of rotatable bonds is 9. The SMILES string of the molecule is CCCC(C)N1CC=C[C@]23O[C@@]4(CC)C=CCN(c5ccc(OCC)cc5)C(=O)[C@H]4[C@H]2C(=O)N(CCO)C3C1=O. The second-order valence-corrected chi connectivity index (χ2v) is 11.2. The maximum absolute atomic E-state index is 14.5. The van der Waals surface area contributed by atoms with Crippen molar-refractivity contribution in [1.29, 1.82) is 0 Å². The average Bonchev–Trinajstić information content (AvgIpc) is 3.22. The Bertz CT molecular complexity index is 1200. The zero-order chi connectivity index (χ0) is 28.7. The van der Waals surface area contributed by atoms with Crippen molar-refractivity contribution in [2.45, 2.75) is 70.2 Å². The smallest absolute Gasteiger partial charge is 0.249 e. The number of anilines is 1. The van der Waals surface area contributed by atoms with Crippen LogP contribution in [0.15, 0.2) is 48.6 Å². The summed E-state index contributed by atoms with van der Waals surface area (Å²) in [5.74, 6) is -1.75. The fourth-order valence-corrected chi connectivity index (χ4v) is 7.22. The Balaban J connectivity index is 1.60. The largest absolute Gasteiger partial charge is 0.494 e. The number of ether oxygens (including phenoxy) is 2. The lowest BCUT2D eigenvalue weighted by molar-refractivity contribution is -0.153. The Labute approximate surface area is 236 Å². The number of carbonyl (C=O) groups excluding carboxylic acids is 3. The molecule has 0 aliphatic carbocycles. The van der Waals surface area contributed by atoms with Crippen LogP contribution in [0.2, 0.25) is 0 Å². The molecule has 1 aromatic carbocycles. The Kier molecular flexibility index (Phi) is 7.81. The summed E-state index contributed by atoms with van der Waals surface area (Å²) in [6.07, 6.45) is 9.86. The molecule has 2 unspecified atom stereocenters. The highest BCUT2D eigenvalue weighted by molar-refractivity contribution is 6.04. The van der Waals surface area contributed by atoms with Gasteiger partial charge in [0.1, 0.15) is 17.4 Å². The topological polar surface area (TPSA) is 99.6 Å². The number of hydrogen-bond acceptors (Lipinski definition) is 6. The number of β-amino-alcohol motifs (C(OH)–C–C–N with tert-alkyl or cyclic N) is 1. The third-order valence-corrected chi connectivity index (χ3v) is 9.01. The van der Waals surface area contributed by atoms with E-state index in [-0.39, 0.29) is 36.9 Å². The van der Waals surface area contributed by atoms with Gasteiger partial charge in [-0.05, 0) is 51.0 Å². The molecule has 4 aliphatic heterocycles. The number of hydrogen-bond donors (Lipinski definition) is 1.